The van der Waals surface area contributed by atoms with Gasteiger partial charge < -0.3 is 5.32 Å². The number of benzene rings is 2. The van der Waals surface area contributed by atoms with Crippen LogP contribution in [0.4, 0.5) is 0 Å². The summed E-state index contributed by atoms with van der Waals surface area (Å²) in [6.07, 6.45) is 9.26. The van der Waals surface area contributed by atoms with Crippen LogP contribution in [-0.4, -0.2) is 18.4 Å². The third-order valence-corrected chi connectivity index (χ3v) is 6.51. The second kappa shape index (κ2) is 13.5. The summed E-state index contributed by atoms with van der Waals surface area (Å²) in [4.78, 5) is 11.4. The van der Waals surface area contributed by atoms with Crippen LogP contribution in [0.1, 0.15) is 87.5 Å². The molecule has 1 atom stereocenters. The van der Waals surface area contributed by atoms with Crippen molar-refractivity contribution in [3.63, 3.8) is 0 Å². The molecule has 1 aliphatic carbocycles. The molecule has 0 saturated heterocycles. The highest BCUT2D eigenvalue weighted by Gasteiger charge is 2.17. The number of nitrogens with one attached hydrogen (secondary N) is 1. The minimum absolute atomic E-state index is 0.00173. The van der Waals surface area contributed by atoms with Gasteiger partial charge in [-0.05, 0) is 81.5 Å². The summed E-state index contributed by atoms with van der Waals surface area (Å²) in [7, 11) is 0. The Labute approximate surface area is 190 Å². The fourth-order valence-corrected chi connectivity index (χ4v) is 4.55. The number of ketones is 1. The first-order valence-electron chi connectivity index (χ1n) is 12.2. The molecule has 0 amide bonds. The Morgan fingerprint density at radius 2 is 1.61 bits per heavy atom. The quantitative estimate of drug-likeness (QED) is 0.458. The summed E-state index contributed by atoms with van der Waals surface area (Å²) >= 11 is 0. The van der Waals surface area contributed by atoms with Gasteiger partial charge in [0.2, 0.25) is 0 Å². The standard InChI is InChI=1S/C16H25NO.C13H18/c1-12(2)16(14(4)18)17-11-7-10-15-9-6-5-8-13(15)3;1-11-7-9-13(10-8-11)12-5-3-2-4-6-12/h5-6,8-9,12,16-17H,7,10-11H2,1-4H3;7-10,12H,2-6H2,1H3. The molecular weight excluding hydrogens is 378 g/mol. The van der Waals surface area contributed by atoms with Gasteiger partial charge in [0.15, 0.2) is 0 Å². The lowest BCUT2D eigenvalue weighted by molar-refractivity contribution is -0.119. The van der Waals surface area contributed by atoms with Crippen LogP contribution >= 0.6 is 0 Å². The van der Waals surface area contributed by atoms with Crippen molar-refractivity contribution in [2.75, 3.05) is 6.54 Å². The first-order valence-corrected chi connectivity index (χ1v) is 12.2. The van der Waals surface area contributed by atoms with Crippen LogP contribution in [0.25, 0.3) is 0 Å². The molecule has 1 fully saturated rings. The number of hydrogen-bond donors (Lipinski definition) is 1. The molecular formula is C29H43NO. The first-order chi connectivity index (χ1) is 14.9. The lowest BCUT2D eigenvalue weighted by Crippen LogP contribution is -2.40. The van der Waals surface area contributed by atoms with Gasteiger partial charge in [-0.25, -0.2) is 0 Å². The molecule has 0 spiro atoms. The maximum Gasteiger partial charge on any atom is 0.146 e. The van der Waals surface area contributed by atoms with Crippen molar-refractivity contribution >= 4 is 5.78 Å². The Morgan fingerprint density at radius 3 is 2.19 bits per heavy atom. The maximum atomic E-state index is 11.4. The molecule has 2 aromatic carbocycles. The molecule has 1 aliphatic rings. The molecule has 1 unspecified atom stereocenters. The molecule has 2 heteroatoms. The molecule has 0 heterocycles. The Balaban J connectivity index is 0.000000231. The highest BCUT2D eigenvalue weighted by atomic mass is 16.1. The van der Waals surface area contributed by atoms with Gasteiger partial charge in [-0.1, -0.05) is 87.2 Å². The monoisotopic (exact) mass is 421 g/mol. The summed E-state index contributed by atoms with van der Waals surface area (Å²) in [5.41, 5.74) is 5.69. The molecule has 170 valence electrons. The highest BCUT2D eigenvalue weighted by Crippen LogP contribution is 2.32. The molecule has 0 radical (unpaired) electrons. The van der Waals surface area contributed by atoms with Crippen molar-refractivity contribution in [1.29, 1.82) is 0 Å². The van der Waals surface area contributed by atoms with Gasteiger partial charge >= 0.3 is 0 Å². The third-order valence-electron chi connectivity index (χ3n) is 6.51. The topological polar surface area (TPSA) is 29.1 Å². The Bertz CT molecular complexity index is 772. The van der Waals surface area contributed by atoms with E-state index in [1.54, 1.807) is 12.5 Å². The van der Waals surface area contributed by atoms with Crippen LogP contribution in [0.2, 0.25) is 0 Å². The van der Waals surface area contributed by atoms with Gasteiger partial charge in [0.1, 0.15) is 5.78 Å². The van der Waals surface area contributed by atoms with E-state index in [4.69, 9.17) is 0 Å². The first kappa shape index (κ1) is 25.3. The molecule has 0 aromatic heterocycles. The zero-order valence-corrected chi connectivity index (χ0v) is 20.4. The summed E-state index contributed by atoms with van der Waals surface area (Å²) in [5.74, 6) is 1.45. The van der Waals surface area contributed by atoms with E-state index in [0.29, 0.717) is 5.92 Å². The van der Waals surface area contributed by atoms with Crippen LogP contribution in [0.3, 0.4) is 0 Å². The third kappa shape index (κ3) is 8.99. The molecule has 0 aliphatic heterocycles. The van der Waals surface area contributed by atoms with E-state index in [1.807, 2.05) is 0 Å². The normalized spacial score (nSPS) is 15.3. The molecule has 0 bridgehead atoms. The van der Waals surface area contributed by atoms with E-state index < -0.39 is 0 Å². The van der Waals surface area contributed by atoms with Crippen molar-refractivity contribution < 1.29 is 4.79 Å². The fraction of sp³-hybridized carbons (Fsp3) is 0.552. The van der Waals surface area contributed by atoms with Crippen LogP contribution in [0.5, 0.6) is 0 Å². The predicted molar refractivity (Wildman–Crippen MR) is 134 cm³/mol. The number of Topliss-reactive ketones (excluding diaryl/α,β-unsaturated/α-hetero) is 1. The molecule has 1 saturated carbocycles. The maximum absolute atomic E-state index is 11.4. The summed E-state index contributed by atoms with van der Waals surface area (Å²) in [6, 6.07) is 17.6. The highest BCUT2D eigenvalue weighted by molar-refractivity contribution is 5.81. The van der Waals surface area contributed by atoms with Crippen molar-refractivity contribution in [3.05, 3.63) is 70.8 Å². The van der Waals surface area contributed by atoms with Gasteiger partial charge in [0.05, 0.1) is 6.04 Å². The van der Waals surface area contributed by atoms with E-state index in [9.17, 15) is 4.79 Å². The average Bonchev–Trinajstić information content (AvgIpc) is 2.76. The smallest absolute Gasteiger partial charge is 0.146 e. The summed E-state index contributed by atoms with van der Waals surface area (Å²) < 4.78 is 0. The average molecular weight is 422 g/mol. The van der Waals surface area contributed by atoms with E-state index in [1.165, 1.54) is 48.8 Å². The van der Waals surface area contributed by atoms with E-state index >= 15 is 0 Å². The minimum Gasteiger partial charge on any atom is -0.307 e. The van der Waals surface area contributed by atoms with Crippen molar-refractivity contribution in [1.82, 2.24) is 5.32 Å². The lowest BCUT2D eigenvalue weighted by atomic mass is 9.84. The second-order valence-electron chi connectivity index (χ2n) is 9.56. The van der Waals surface area contributed by atoms with E-state index in [0.717, 1.165) is 25.3 Å². The molecule has 2 nitrogen and oxygen atoms in total. The number of hydrogen-bond acceptors (Lipinski definition) is 2. The predicted octanol–water partition coefficient (Wildman–Crippen LogP) is 7.17. The minimum atomic E-state index is 0.00173. The van der Waals surface area contributed by atoms with Gasteiger partial charge in [-0.3, -0.25) is 4.79 Å². The van der Waals surface area contributed by atoms with Gasteiger partial charge in [0, 0.05) is 0 Å². The van der Waals surface area contributed by atoms with Gasteiger partial charge in [-0.2, -0.15) is 0 Å². The zero-order valence-electron chi connectivity index (χ0n) is 20.4. The fourth-order valence-electron chi connectivity index (χ4n) is 4.55. The number of aryl methyl sites for hydroxylation is 3. The summed E-state index contributed by atoms with van der Waals surface area (Å²) in [6.45, 7) is 11.0. The molecule has 31 heavy (non-hydrogen) atoms. The van der Waals surface area contributed by atoms with Crippen LogP contribution < -0.4 is 5.32 Å². The van der Waals surface area contributed by atoms with Crippen molar-refractivity contribution in [2.24, 2.45) is 5.92 Å². The number of carbonyl (C=O) groups excluding carboxylic acids is 1. The van der Waals surface area contributed by atoms with Gasteiger partial charge in [0.25, 0.3) is 0 Å². The van der Waals surface area contributed by atoms with Crippen LogP contribution in [0, 0.1) is 19.8 Å². The molecule has 1 N–H and O–H groups in total. The number of carbonyl (C=O) groups is 1. The summed E-state index contributed by atoms with van der Waals surface area (Å²) in [5, 5.41) is 3.36. The van der Waals surface area contributed by atoms with Crippen LogP contribution in [-0.2, 0) is 11.2 Å². The van der Waals surface area contributed by atoms with Crippen molar-refractivity contribution in [2.45, 2.75) is 91.5 Å². The Morgan fingerprint density at radius 1 is 0.968 bits per heavy atom. The lowest BCUT2D eigenvalue weighted by Gasteiger charge is -2.21. The number of rotatable bonds is 8. The van der Waals surface area contributed by atoms with E-state index in [-0.39, 0.29) is 11.8 Å². The molecule has 2 aromatic rings. The zero-order chi connectivity index (χ0) is 22.6. The molecule has 3 rings (SSSR count). The van der Waals surface area contributed by atoms with Crippen LogP contribution in [0.15, 0.2) is 48.5 Å². The van der Waals surface area contributed by atoms with Crippen molar-refractivity contribution in [3.8, 4) is 0 Å². The Kier molecular flexibility index (Phi) is 11.0. The van der Waals surface area contributed by atoms with Gasteiger partial charge in [-0.15, -0.1) is 0 Å². The second-order valence-corrected chi connectivity index (χ2v) is 9.56. The largest absolute Gasteiger partial charge is 0.307 e. The Hall–Kier alpha value is -1.93. The van der Waals surface area contributed by atoms with E-state index in [2.05, 4.69) is 81.5 Å². The SMILES string of the molecule is CC(=O)C(NCCCc1ccccc1C)C(C)C.Cc1ccc(C2CCCCC2)cc1.